The number of carbonyl (C=O) groups excluding carboxylic acids is 3. The number of urea groups is 1. The fraction of sp³-hybridized carbons (Fsp3) is 0.258. The van der Waals surface area contributed by atoms with Crippen molar-refractivity contribution in [3.8, 4) is 0 Å². The minimum absolute atomic E-state index is 0.00111. The second-order valence-corrected chi connectivity index (χ2v) is 10.2. The molecule has 2 atom stereocenters. The summed E-state index contributed by atoms with van der Waals surface area (Å²) in [5.41, 5.74) is 4.81. The Morgan fingerprint density at radius 3 is 2.12 bits per heavy atom. The predicted octanol–water partition coefficient (Wildman–Crippen LogP) is 3.87. The van der Waals surface area contributed by atoms with Gasteiger partial charge in [0.15, 0.2) is 0 Å². The lowest BCUT2D eigenvalue weighted by Crippen LogP contribution is -2.47. The van der Waals surface area contributed by atoms with Gasteiger partial charge in [-0.15, -0.1) is 0 Å². The van der Waals surface area contributed by atoms with Crippen molar-refractivity contribution in [2.75, 3.05) is 10.6 Å². The third-order valence-corrected chi connectivity index (χ3v) is 7.01. The van der Waals surface area contributed by atoms with E-state index in [4.69, 9.17) is 5.11 Å². The lowest BCUT2D eigenvalue weighted by atomic mass is 10.0. The third kappa shape index (κ3) is 7.51. The molecule has 0 aromatic heterocycles. The third-order valence-electron chi connectivity index (χ3n) is 7.01. The van der Waals surface area contributed by atoms with E-state index in [2.05, 4.69) is 16.0 Å². The summed E-state index contributed by atoms with van der Waals surface area (Å²) in [6.45, 7) is 3.40. The van der Waals surface area contributed by atoms with Crippen molar-refractivity contribution in [3.05, 3.63) is 94.5 Å². The van der Waals surface area contributed by atoms with Crippen LogP contribution >= 0.6 is 0 Å². The Kier molecular flexibility index (Phi) is 9.21. The minimum Gasteiger partial charge on any atom is -0.481 e. The number of nitrogens with zero attached hydrogens (tertiary/aromatic N) is 1. The highest BCUT2D eigenvalue weighted by Gasteiger charge is 2.38. The summed E-state index contributed by atoms with van der Waals surface area (Å²) in [5, 5.41) is 26.8. The smallest absolute Gasteiger partial charge is 0.326 e. The highest BCUT2D eigenvalue weighted by Crippen LogP contribution is 2.35. The molecule has 4 rings (SSSR count). The minimum atomic E-state index is -1.26. The molecule has 3 aromatic carbocycles. The molecule has 0 bridgehead atoms. The van der Waals surface area contributed by atoms with E-state index < -0.39 is 36.0 Å². The first kappa shape index (κ1) is 29.8. The monoisotopic (exact) mass is 572 g/mol. The number of amides is 4. The maximum atomic E-state index is 13.4. The Labute approximate surface area is 242 Å². The van der Waals surface area contributed by atoms with Crippen LogP contribution in [0.2, 0.25) is 0 Å². The zero-order valence-corrected chi connectivity index (χ0v) is 23.2. The second-order valence-electron chi connectivity index (χ2n) is 10.2. The number of hydrogen-bond acceptors (Lipinski definition) is 5. The van der Waals surface area contributed by atoms with Gasteiger partial charge in [-0.05, 0) is 59.9 Å². The lowest BCUT2D eigenvalue weighted by molar-refractivity contribution is -0.144. The Morgan fingerprint density at radius 2 is 1.50 bits per heavy atom. The van der Waals surface area contributed by atoms with Crippen LogP contribution in [0.5, 0.6) is 0 Å². The number of aryl methyl sites for hydroxylation is 2. The Balaban J connectivity index is 1.45. The van der Waals surface area contributed by atoms with E-state index in [1.54, 1.807) is 54.6 Å². The SMILES string of the molecule is CC(=O)N1Cc2cc(NC(=O)Nc3ccc(C)cc3)ccc2C1C(=O)NC(Cc1ccc(CCC(=O)O)cc1)C(=O)O. The van der Waals surface area contributed by atoms with E-state index in [0.29, 0.717) is 34.5 Å². The molecular weight excluding hydrogens is 540 g/mol. The molecule has 3 aromatic rings. The second kappa shape index (κ2) is 13.0. The van der Waals surface area contributed by atoms with Gasteiger partial charge in [0.25, 0.3) is 0 Å². The number of rotatable bonds is 10. The number of carbonyl (C=O) groups is 5. The molecule has 0 aliphatic carbocycles. The van der Waals surface area contributed by atoms with E-state index in [0.717, 1.165) is 11.1 Å². The molecule has 0 fully saturated rings. The van der Waals surface area contributed by atoms with E-state index >= 15 is 0 Å². The van der Waals surface area contributed by atoms with Gasteiger partial charge in [-0.2, -0.15) is 0 Å². The largest absolute Gasteiger partial charge is 0.481 e. The predicted molar refractivity (Wildman–Crippen MR) is 155 cm³/mol. The molecule has 0 radical (unpaired) electrons. The Hall–Kier alpha value is -5.19. The summed E-state index contributed by atoms with van der Waals surface area (Å²) in [4.78, 5) is 62.6. The molecule has 11 heteroatoms. The average molecular weight is 573 g/mol. The number of hydrogen-bond donors (Lipinski definition) is 5. The molecule has 218 valence electrons. The fourth-order valence-corrected chi connectivity index (χ4v) is 4.82. The van der Waals surface area contributed by atoms with Crippen LogP contribution in [-0.4, -0.2) is 50.9 Å². The van der Waals surface area contributed by atoms with Crippen molar-refractivity contribution in [1.29, 1.82) is 0 Å². The first-order valence-corrected chi connectivity index (χ1v) is 13.4. The van der Waals surface area contributed by atoms with Gasteiger partial charge in [0.1, 0.15) is 12.1 Å². The van der Waals surface area contributed by atoms with Gasteiger partial charge in [0.2, 0.25) is 11.8 Å². The molecular formula is C31H32N4O7. The number of benzene rings is 3. The summed E-state index contributed by atoms with van der Waals surface area (Å²) >= 11 is 0. The van der Waals surface area contributed by atoms with Gasteiger partial charge in [0, 0.05) is 37.7 Å². The van der Waals surface area contributed by atoms with E-state index in [1.165, 1.54) is 11.8 Å². The number of aliphatic carboxylic acids is 2. The molecule has 11 nitrogen and oxygen atoms in total. The van der Waals surface area contributed by atoms with Crippen molar-refractivity contribution in [1.82, 2.24) is 10.2 Å². The number of carboxylic acids is 2. The summed E-state index contributed by atoms with van der Waals surface area (Å²) in [5.74, 6) is -3.13. The Morgan fingerprint density at radius 1 is 0.881 bits per heavy atom. The van der Waals surface area contributed by atoms with Crippen molar-refractivity contribution >= 4 is 41.2 Å². The molecule has 1 aliphatic rings. The van der Waals surface area contributed by atoms with Crippen LogP contribution in [0.4, 0.5) is 16.2 Å². The highest BCUT2D eigenvalue weighted by molar-refractivity contribution is 6.00. The fourth-order valence-electron chi connectivity index (χ4n) is 4.82. The normalized spacial score (nSPS) is 14.4. The molecule has 0 spiro atoms. The van der Waals surface area contributed by atoms with Crippen LogP contribution < -0.4 is 16.0 Å². The van der Waals surface area contributed by atoms with E-state index in [-0.39, 0.29) is 25.3 Å². The Bertz CT molecular complexity index is 1500. The number of nitrogens with one attached hydrogen (secondary N) is 3. The maximum Gasteiger partial charge on any atom is 0.326 e. The zero-order valence-electron chi connectivity index (χ0n) is 23.2. The molecule has 0 saturated heterocycles. The van der Waals surface area contributed by atoms with Crippen LogP contribution in [0.3, 0.4) is 0 Å². The van der Waals surface area contributed by atoms with Gasteiger partial charge < -0.3 is 31.1 Å². The summed E-state index contributed by atoms with van der Waals surface area (Å²) < 4.78 is 0. The lowest BCUT2D eigenvalue weighted by Gasteiger charge is -2.25. The molecule has 2 unspecified atom stereocenters. The first-order valence-electron chi connectivity index (χ1n) is 13.4. The van der Waals surface area contributed by atoms with Gasteiger partial charge in [-0.1, -0.05) is 48.0 Å². The zero-order chi connectivity index (χ0) is 30.4. The highest BCUT2D eigenvalue weighted by atomic mass is 16.4. The molecule has 4 amide bonds. The van der Waals surface area contributed by atoms with Crippen LogP contribution in [-0.2, 0) is 38.6 Å². The van der Waals surface area contributed by atoms with Crippen LogP contribution in [0.15, 0.2) is 66.7 Å². The molecule has 42 heavy (non-hydrogen) atoms. The number of anilines is 2. The van der Waals surface area contributed by atoms with Crippen LogP contribution in [0.1, 0.15) is 47.2 Å². The van der Waals surface area contributed by atoms with Gasteiger partial charge >= 0.3 is 18.0 Å². The molecule has 0 saturated carbocycles. The van der Waals surface area contributed by atoms with Crippen molar-refractivity contribution in [2.24, 2.45) is 0 Å². The average Bonchev–Trinajstić information content (AvgIpc) is 3.33. The molecule has 1 heterocycles. The van der Waals surface area contributed by atoms with Gasteiger partial charge in [-0.25, -0.2) is 9.59 Å². The number of carboxylic acid groups (broad SMARTS) is 2. The van der Waals surface area contributed by atoms with Crippen molar-refractivity contribution in [2.45, 2.75) is 51.7 Å². The van der Waals surface area contributed by atoms with Crippen LogP contribution in [0.25, 0.3) is 0 Å². The standard InChI is InChI=1S/C31H32N4O7/c1-18-3-10-23(11-4-18)32-31(42)33-24-12-13-25-22(16-24)17-35(19(2)36)28(25)29(39)34-26(30(40)41)15-21-7-5-20(6-8-21)9-14-27(37)38/h3-8,10-13,16,26,28H,9,14-15,17H2,1-2H3,(H,34,39)(H,37,38)(H,40,41)(H2,32,33,42). The first-order chi connectivity index (χ1) is 20.0. The topological polar surface area (TPSA) is 165 Å². The van der Waals surface area contributed by atoms with Crippen molar-refractivity contribution < 1.29 is 34.2 Å². The van der Waals surface area contributed by atoms with Gasteiger partial charge in [0.05, 0.1) is 0 Å². The molecule has 5 N–H and O–H groups in total. The van der Waals surface area contributed by atoms with Crippen molar-refractivity contribution in [3.63, 3.8) is 0 Å². The summed E-state index contributed by atoms with van der Waals surface area (Å²) in [7, 11) is 0. The summed E-state index contributed by atoms with van der Waals surface area (Å²) in [6.07, 6.45) is 0.338. The van der Waals surface area contributed by atoms with Gasteiger partial charge in [-0.3, -0.25) is 14.4 Å². The summed E-state index contributed by atoms with van der Waals surface area (Å²) in [6, 6.07) is 16.4. The number of fused-ring (bicyclic) bond motifs is 1. The molecule has 1 aliphatic heterocycles. The quantitative estimate of drug-likeness (QED) is 0.246. The van der Waals surface area contributed by atoms with E-state index in [9.17, 15) is 29.1 Å². The maximum absolute atomic E-state index is 13.4. The van der Waals surface area contributed by atoms with Crippen LogP contribution in [0, 0.1) is 6.92 Å². The van der Waals surface area contributed by atoms with E-state index in [1.807, 2.05) is 19.1 Å².